The molecule has 0 unspecified atom stereocenters. The maximum Gasteiger partial charge on any atom is 0.419 e. The van der Waals surface area contributed by atoms with Crippen LogP contribution < -0.4 is 0 Å². The van der Waals surface area contributed by atoms with E-state index in [0.717, 1.165) is 17.6 Å². The molecular formula is C17H7F6N5S. The maximum absolute atomic E-state index is 13.1. The van der Waals surface area contributed by atoms with Crippen LogP contribution in [0, 0.1) is 0 Å². The lowest BCUT2D eigenvalue weighted by Gasteiger charge is -2.10. The first-order chi connectivity index (χ1) is 13.6. The topological polar surface area (TPSA) is 64.5 Å². The van der Waals surface area contributed by atoms with Crippen LogP contribution in [0.25, 0.3) is 33.7 Å². The fourth-order valence-corrected chi connectivity index (χ4v) is 3.33. The highest BCUT2D eigenvalue weighted by Gasteiger charge is 2.36. The van der Waals surface area contributed by atoms with E-state index in [9.17, 15) is 26.3 Å². The van der Waals surface area contributed by atoms with Crippen LogP contribution in [0.1, 0.15) is 11.1 Å². The van der Waals surface area contributed by atoms with Gasteiger partial charge in [0.1, 0.15) is 16.9 Å². The largest absolute Gasteiger partial charge is 0.419 e. The zero-order valence-electron chi connectivity index (χ0n) is 14.0. The molecule has 0 radical (unpaired) electrons. The summed E-state index contributed by atoms with van der Waals surface area (Å²) in [6.07, 6.45) is -4.92. The maximum atomic E-state index is 13.1. The molecule has 0 saturated heterocycles. The van der Waals surface area contributed by atoms with Crippen LogP contribution in [0.3, 0.4) is 0 Å². The van der Waals surface area contributed by atoms with Crippen LogP contribution in [0.4, 0.5) is 26.3 Å². The molecule has 0 atom stereocenters. The molecule has 4 aromatic rings. The molecule has 0 spiro atoms. The predicted molar refractivity (Wildman–Crippen MR) is 91.7 cm³/mol. The second-order valence-corrected chi connectivity index (χ2v) is 6.45. The summed E-state index contributed by atoms with van der Waals surface area (Å²) in [5, 5.41) is 0.860. The van der Waals surface area contributed by atoms with Gasteiger partial charge in [-0.1, -0.05) is 0 Å². The third-order valence-electron chi connectivity index (χ3n) is 3.94. The van der Waals surface area contributed by atoms with E-state index in [1.807, 2.05) is 0 Å². The monoisotopic (exact) mass is 427 g/mol. The van der Waals surface area contributed by atoms with Gasteiger partial charge in [-0.15, -0.1) is 0 Å². The molecule has 4 heterocycles. The lowest BCUT2D eigenvalue weighted by atomic mass is 10.1. The zero-order chi connectivity index (χ0) is 20.8. The first-order valence-corrected chi connectivity index (χ1v) is 8.64. The van der Waals surface area contributed by atoms with Crippen LogP contribution in [0.2, 0.25) is 0 Å². The van der Waals surface area contributed by atoms with Gasteiger partial charge in [0.2, 0.25) is 0 Å². The standard InChI is InChI=1S/C17H7F6N5S/c18-16(19,20)9-3-8(4-24-5-9)10-1-2-25-15-13(10)26-6-12(27-15)14-11(7-29-28-14)17(21,22)23/h1-7H. The average Bonchev–Trinajstić information content (AvgIpc) is 3.17. The van der Waals surface area contributed by atoms with Crippen molar-refractivity contribution in [1.29, 1.82) is 0 Å². The highest BCUT2D eigenvalue weighted by molar-refractivity contribution is 7.04. The average molecular weight is 427 g/mol. The van der Waals surface area contributed by atoms with Crippen molar-refractivity contribution in [3.63, 3.8) is 0 Å². The minimum Gasteiger partial charge on any atom is -0.263 e. The van der Waals surface area contributed by atoms with E-state index in [0.29, 0.717) is 17.7 Å². The van der Waals surface area contributed by atoms with E-state index < -0.39 is 23.5 Å². The molecule has 4 aromatic heterocycles. The quantitative estimate of drug-likeness (QED) is 0.409. The second-order valence-electron chi connectivity index (χ2n) is 5.82. The van der Waals surface area contributed by atoms with Gasteiger partial charge in [-0.05, 0) is 23.7 Å². The molecule has 0 aromatic carbocycles. The Hall–Kier alpha value is -3.15. The lowest BCUT2D eigenvalue weighted by Crippen LogP contribution is -2.06. The highest BCUT2D eigenvalue weighted by Crippen LogP contribution is 2.37. The zero-order valence-corrected chi connectivity index (χ0v) is 14.8. The Kier molecular flexibility index (Phi) is 4.45. The summed E-state index contributed by atoms with van der Waals surface area (Å²) in [6.45, 7) is 0. The molecule has 0 aliphatic heterocycles. The molecule has 4 rings (SSSR count). The number of halogens is 6. The molecule has 0 aliphatic rings. The van der Waals surface area contributed by atoms with Gasteiger partial charge in [-0.3, -0.25) is 4.98 Å². The van der Waals surface area contributed by atoms with Crippen molar-refractivity contribution in [3.8, 4) is 22.5 Å². The molecule has 0 aliphatic carbocycles. The van der Waals surface area contributed by atoms with E-state index in [-0.39, 0.29) is 33.7 Å². The third kappa shape index (κ3) is 3.62. The first-order valence-electron chi connectivity index (χ1n) is 7.81. The van der Waals surface area contributed by atoms with Gasteiger partial charge >= 0.3 is 12.4 Å². The van der Waals surface area contributed by atoms with E-state index in [1.54, 1.807) is 0 Å². The number of pyridine rings is 2. The summed E-state index contributed by atoms with van der Waals surface area (Å²) in [6, 6.07) is 2.33. The van der Waals surface area contributed by atoms with Crippen LogP contribution in [0.15, 0.2) is 42.3 Å². The Morgan fingerprint density at radius 3 is 2.41 bits per heavy atom. The van der Waals surface area contributed by atoms with Gasteiger partial charge in [0.25, 0.3) is 0 Å². The number of hydrogen-bond donors (Lipinski definition) is 0. The Bertz CT molecular complexity index is 1200. The number of fused-ring (bicyclic) bond motifs is 1. The summed E-state index contributed by atoms with van der Waals surface area (Å²) in [5.74, 6) is 0. The molecule has 148 valence electrons. The number of rotatable bonds is 2. The molecular weight excluding hydrogens is 420 g/mol. The van der Waals surface area contributed by atoms with E-state index in [2.05, 4.69) is 24.3 Å². The van der Waals surface area contributed by atoms with E-state index in [4.69, 9.17) is 0 Å². The van der Waals surface area contributed by atoms with Gasteiger partial charge in [0.15, 0.2) is 5.65 Å². The smallest absolute Gasteiger partial charge is 0.263 e. The predicted octanol–water partition coefficient (Wildman–Crippen LogP) is 5.25. The van der Waals surface area contributed by atoms with Gasteiger partial charge in [0, 0.05) is 35.1 Å². The first kappa shape index (κ1) is 19.2. The SMILES string of the molecule is FC(F)(F)c1cncc(-c2ccnc3nc(-c4nscc4C(F)(F)F)cnc23)c1. The summed E-state index contributed by atoms with van der Waals surface area (Å²) in [4.78, 5) is 15.8. The molecule has 12 heteroatoms. The summed E-state index contributed by atoms with van der Waals surface area (Å²) in [5.41, 5.74) is -1.93. The van der Waals surface area contributed by atoms with Crippen molar-refractivity contribution in [2.45, 2.75) is 12.4 Å². The summed E-state index contributed by atoms with van der Waals surface area (Å²) >= 11 is 0.624. The van der Waals surface area contributed by atoms with Crippen molar-refractivity contribution in [1.82, 2.24) is 24.3 Å². The Labute approximate surface area is 162 Å². The Morgan fingerprint density at radius 2 is 1.69 bits per heavy atom. The molecule has 29 heavy (non-hydrogen) atoms. The van der Waals surface area contributed by atoms with Crippen molar-refractivity contribution in [2.75, 3.05) is 0 Å². The van der Waals surface area contributed by atoms with Crippen LogP contribution in [0.5, 0.6) is 0 Å². The summed E-state index contributed by atoms with van der Waals surface area (Å²) < 4.78 is 81.9. The van der Waals surface area contributed by atoms with E-state index in [1.165, 1.54) is 18.5 Å². The number of alkyl halides is 6. The third-order valence-corrected chi connectivity index (χ3v) is 4.57. The van der Waals surface area contributed by atoms with Crippen molar-refractivity contribution in [2.24, 2.45) is 0 Å². The molecule has 0 bridgehead atoms. The fourth-order valence-electron chi connectivity index (χ4n) is 2.63. The minimum atomic E-state index is -4.61. The van der Waals surface area contributed by atoms with Crippen molar-refractivity contribution >= 4 is 22.7 Å². The number of nitrogens with zero attached hydrogens (tertiary/aromatic N) is 5. The molecule has 0 saturated carbocycles. The van der Waals surface area contributed by atoms with Gasteiger partial charge in [-0.25, -0.2) is 15.0 Å². The number of aromatic nitrogens is 5. The van der Waals surface area contributed by atoms with Gasteiger partial charge < -0.3 is 0 Å². The van der Waals surface area contributed by atoms with Gasteiger partial charge in [-0.2, -0.15) is 30.7 Å². The van der Waals surface area contributed by atoms with Crippen LogP contribution >= 0.6 is 11.5 Å². The van der Waals surface area contributed by atoms with Crippen LogP contribution in [-0.4, -0.2) is 24.3 Å². The molecule has 0 N–H and O–H groups in total. The highest BCUT2D eigenvalue weighted by atomic mass is 32.1. The van der Waals surface area contributed by atoms with Crippen molar-refractivity contribution < 1.29 is 26.3 Å². The van der Waals surface area contributed by atoms with Crippen molar-refractivity contribution in [3.05, 3.63) is 53.4 Å². The van der Waals surface area contributed by atoms with E-state index >= 15 is 0 Å². The Balaban J connectivity index is 1.84. The Morgan fingerprint density at radius 1 is 0.897 bits per heavy atom. The number of hydrogen-bond acceptors (Lipinski definition) is 6. The molecule has 0 amide bonds. The summed E-state index contributed by atoms with van der Waals surface area (Å²) in [7, 11) is 0. The van der Waals surface area contributed by atoms with Crippen LogP contribution in [-0.2, 0) is 12.4 Å². The minimum absolute atomic E-state index is 0.0291. The lowest BCUT2D eigenvalue weighted by molar-refractivity contribution is -0.138. The van der Waals surface area contributed by atoms with Gasteiger partial charge in [0.05, 0.1) is 17.3 Å². The fraction of sp³-hybridized carbons (Fsp3) is 0.118. The normalized spacial score (nSPS) is 12.5. The second kappa shape index (κ2) is 6.72. The molecule has 5 nitrogen and oxygen atoms in total. The molecule has 0 fully saturated rings.